The van der Waals surface area contributed by atoms with Crippen molar-refractivity contribution in [2.75, 3.05) is 27.4 Å². The van der Waals surface area contributed by atoms with Crippen LogP contribution in [-0.2, 0) is 26.4 Å². The predicted molar refractivity (Wildman–Crippen MR) is 144 cm³/mol. The number of carboxylic acids is 1. The largest absolute Gasteiger partial charge is 0.496 e. The van der Waals surface area contributed by atoms with Crippen molar-refractivity contribution in [2.45, 2.75) is 56.9 Å². The molecule has 1 amide bonds. The lowest BCUT2D eigenvalue weighted by molar-refractivity contribution is -0.142. The molecular weight excluding hydrogens is 526 g/mol. The molecular formula is C27H31N3O8S. The maximum Gasteiger partial charge on any atom is 0.333 e. The summed E-state index contributed by atoms with van der Waals surface area (Å²) in [6.45, 7) is 2.73. The fourth-order valence-electron chi connectivity index (χ4n) is 5.22. The van der Waals surface area contributed by atoms with E-state index in [1.54, 1.807) is 20.1 Å². The number of carbonyl (C=O) groups is 2. The Hall–Kier alpha value is -3.48. The number of aliphatic carboxylic acids is 1. The number of aryl methyl sites for hydroxylation is 1. The SMILES string of the molecule is CNC(=O)c1sc2c(c1C)c(=O)n(C1(C(=O)O)CC1)c(=O)n2C[C@H](OC1CCOCC1)c1ccccc1OC. The molecule has 5 rings (SSSR count). The highest BCUT2D eigenvalue weighted by molar-refractivity contribution is 7.20. The van der Waals surface area contributed by atoms with Gasteiger partial charge in [-0.1, -0.05) is 18.2 Å². The number of nitrogens with one attached hydrogen (secondary N) is 1. The van der Waals surface area contributed by atoms with Crippen molar-refractivity contribution in [3.8, 4) is 5.75 Å². The summed E-state index contributed by atoms with van der Waals surface area (Å²) < 4.78 is 19.9. The first-order valence-corrected chi connectivity index (χ1v) is 13.7. The van der Waals surface area contributed by atoms with Crippen molar-refractivity contribution in [1.29, 1.82) is 0 Å². The molecule has 208 valence electrons. The zero-order chi connectivity index (χ0) is 27.9. The number of carboxylic acid groups (broad SMARTS) is 1. The number of hydrogen-bond donors (Lipinski definition) is 2. The zero-order valence-electron chi connectivity index (χ0n) is 22.0. The van der Waals surface area contributed by atoms with Crippen LogP contribution >= 0.6 is 11.3 Å². The number of ether oxygens (including phenoxy) is 3. The van der Waals surface area contributed by atoms with Gasteiger partial charge in [0.1, 0.15) is 22.2 Å². The molecule has 1 atom stereocenters. The Kier molecular flexibility index (Phi) is 7.36. The van der Waals surface area contributed by atoms with E-state index in [0.717, 1.165) is 15.9 Å². The van der Waals surface area contributed by atoms with E-state index in [9.17, 15) is 24.3 Å². The Morgan fingerprint density at radius 1 is 1.23 bits per heavy atom. The van der Waals surface area contributed by atoms with E-state index in [-0.39, 0.29) is 35.8 Å². The second kappa shape index (κ2) is 10.6. The highest BCUT2D eigenvalue weighted by Crippen LogP contribution is 2.43. The second-order valence-corrected chi connectivity index (χ2v) is 10.9. The first-order chi connectivity index (χ1) is 18.7. The monoisotopic (exact) mass is 557 g/mol. The molecule has 12 heteroatoms. The lowest BCUT2D eigenvalue weighted by Crippen LogP contribution is -2.49. The van der Waals surface area contributed by atoms with Gasteiger partial charge < -0.3 is 24.6 Å². The smallest absolute Gasteiger partial charge is 0.333 e. The third kappa shape index (κ3) is 4.66. The molecule has 3 heterocycles. The van der Waals surface area contributed by atoms with E-state index in [2.05, 4.69) is 5.32 Å². The lowest BCUT2D eigenvalue weighted by Gasteiger charge is -2.29. The van der Waals surface area contributed by atoms with Crippen LogP contribution < -0.4 is 21.3 Å². The van der Waals surface area contributed by atoms with Crippen LogP contribution in [0.25, 0.3) is 10.2 Å². The van der Waals surface area contributed by atoms with Crippen molar-refractivity contribution >= 4 is 33.4 Å². The molecule has 11 nitrogen and oxygen atoms in total. The topological polar surface area (TPSA) is 138 Å². The number of hydrogen-bond acceptors (Lipinski definition) is 8. The molecule has 39 heavy (non-hydrogen) atoms. The van der Waals surface area contributed by atoms with Crippen molar-refractivity contribution in [3.63, 3.8) is 0 Å². The van der Waals surface area contributed by atoms with Gasteiger partial charge in [0.2, 0.25) is 0 Å². The predicted octanol–water partition coefficient (Wildman–Crippen LogP) is 2.41. The number of amides is 1. The highest BCUT2D eigenvalue weighted by atomic mass is 32.1. The number of thiophene rings is 1. The summed E-state index contributed by atoms with van der Waals surface area (Å²) in [5.41, 5.74) is -1.93. The molecule has 1 saturated carbocycles. The maximum absolute atomic E-state index is 14.0. The van der Waals surface area contributed by atoms with E-state index < -0.39 is 34.8 Å². The number of aromatic nitrogens is 2. The minimum absolute atomic E-state index is 0.0177. The number of para-hydroxylation sites is 1. The number of methoxy groups -OCH3 is 1. The second-order valence-electron chi connectivity index (χ2n) is 9.86. The Morgan fingerprint density at radius 3 is 2.54 bits per heavy atom. The standard InChI is InChI=1S/C27H31N3O8S/c1-15-20-23(32)30(27(10-11-27)25(33)34)26(35)29(24(20)39-21(15)22(31)28-2)14-19(38-16-8-12-37-13-9-16)17-6-4-5-7-18(17)36-3/h4-7,16,19H,8-14H2,1-3H3,(H,28,31)(H,33,34)/t19-/m0/s1. The molecule has 0 bridgehead atoms. The molecule has 0 radical (unpaired) electrons. The fraction of sp³-hybridized carbons (Fsp3) is 0.481. The highest BCUT2D eigenvalue weighted by Gasteiger charge is 2.55. The van der Waals surface area contributed by atoms with Crippen LogP contribution in [0.15, 0.2) is 33.9 Å². The van der Waals surface area contributed by atoms with Crippen LogP contribution in [0.2, 0.25) is 0 Å². The van der Waals surface area contributed by atoms with Gasteiger partial charge in [-0.15, -0.1) is 11.3 Å². The zero-order valence-corrected chi connectivity index (χ0v) is 22.8. The summed E-state index contributed by atoms with van der Waals surface area (Å²) in [6.07, 6.45) is 0.895. The van der Waals surface area contributed by atoms with Crippen LogP contribution in [0.1, 0.15) is 52.6 Å². The summed E-state index contributed by atoms with van der Waals surface area (Å²) in [7, 11) is 3.04. The molecule has 1 aliphatic heterocycles. The van der Waals surface area contributed by atoms with Crippen molar-refractivity contribution in [2.24, 2.45) is 0 Å². The molecule has 2 N–H and O–H groups in total. The Balaban J connectivity index is 1.74. The van der Waals surface area contributed by atoms with Crippen molar-refractivity contribution < 1.29 is 28.9 Å². The van der Waals surface area contributed by atoms with Crippen LogP contribution in [0.5, 0.6) is 5.75 Å². The van der Waals surface area contributed by atoms with Gasteiger partial charge in [-0.3, -0.25) is 14.2 Å². The van der Waals surface area contributed by atoms with Gasteiger partial charge in [-0.25, -0.2) is 14.2 Å². The van der Waals surface area contributed by atoms with E-state index in [1.165, 1.54) is 11.6 Å². The summed E-state index contributed by atoms with van der Waals surface area (Å²) in [5, 5.41) is 12.7. The maximum atomic E-state index is 14.0. The summed E-state index contributed by atoms with van der Waals surface area (Å²) in [6, 6.07) is 7.34. The van der Waals surface area contributed by atoms with Crippen LogP contribution in [-0.4, -0.2) is 59.6 Å². The Bertz CT molecular complexity index is 1540. The molecule has 1 aromatic carbocycles. The van der Waals surface area contributed by atoms with E-state index >= 15 is 0 Å². The van der Waals surface area contributed by atoms with Gasteiger partial charge in [0.05, 0.1) is 30.0 Å². The first-order valence-electron chi connectivity index (χ1n) is 12.8. The first kappa shape index (κ1) is 27.1. The number of fused-ring (bicyclic) bond motifs is 1. The third-order valence-corrected chi connectivity index (χ3v) is 8.87. The fourth-order valence-corrected chi connectivity index (χ4v) is 6.47. The number of nitrogens with zero attached hydrogens (tertiary/aromatic N) is 2. The quantitative estimate of drug-likeness (QED) is 0.409. The molecule has 1 aliphatic carbocycles. The van der Waals surface area contributed by atoms with Crippen LogP contribution in [0.4, 0.5) is 0 Å². The summed E-state index contributed by atoms with van der Waals surface area (Å²) >= 11 is 1.04. The van der Waals surface area contributed by atoms with E-state index in [4.69, 9.17) is 14.2 Å². The minimum atomic E-state index is -1.60. The molecule has 1 saturated heterocycles. The molecule has 0 unspecified atom stereocenters. The van der Waals surface area contributed by atoms with Crippen molar-refractivity contribution in [3.05, 3.63) is 61.1 Å². The molecule has 3 aromatic rings. The Morgan fingerprint density at radius 2 is 1.92 bits per heavy atom. The average molecular weight is 558 g/mol. The van der Waals surface area contributed by atoms with E-state index in [0.29, 0.717) is 47.8 Å². The number of benzene rings is 1. The van der Waals surface area contributed by atoms with E-state index in [1.807, 2.05) is 18.2 Å². The van der Waals surface area contributed by atoms with Crippen LogP contribution in [0.3, 0.4) is 0 Å². The summed E-state index contributed by atoms with van der Waals surface area (Å²) in [4.78, 5) is 53.2. The van der Waals surface area contributed by atoms with Gasteiger partial charge >= 0.3 is 11.7 Å². The van der Waals surface area contributed by atoms with Gasteiger partial charge in [-0.05, 0) is 44.2 Å². The molecule has 2 fully saturated rings. The summed E-state index contributed by atoms with van der Waals surface area (Å²) in [5.74, 6) is -1.05. The van der Waals surface area contributed by atoms with Gasteiger partial charge in [-0.2, -0.15) is 0 Å². The van der Waals surface area contributed by atoms with Gasteiger partial charge in [0.15, 0.2) is 0 Å². The number of carbonyl (C=O) groups excluding carboxylic acids is 1. The van der Waals surface area contributed by atoms with Gasteiger partial charge in [0.25, 0.3) is 11.5 Å². The van der Waals surface area contributed by atoms with Crippen molar-refractivity contribution in [1.82, 2.24) is 14.5 Å². The normalized spacial score (nSPS) is 17.6. The Labute approximate surface area is 227 Å². The average Bonchev–Trinajstić information content (AvgIpc) is 3.67. The van der Waals surface area contributed by atoms with Crippen LogP contribution in [0, 0.1) is 6.92 Å². The molecule has 2 aliphatic rings. The molecule has 0 spiro atoms. The third-order valence-electron chi connectivity index (χ3n) is 7.55. The van der Waals surface area contributed by atoms with Gasteiger partial charge in [0, 0.05) is 25.8 Å². The minimum Gasteiger partial charge on any atom is -0.496 e. The lowest BCUT2D eigenvalue weighted by atomic mass is 10.1. The number of rotatable bonds is 9. The molecule has 2 aromatic heterocycles.